The van der Waals surface area contributed by atoms with Gasteiger partial charge in [-0.1, -0.05) is 20.8 Å². The fourth-order valence-electron chi connectivity index (χ4n) is 2.14. The van der Waals surface area contributed by atoms with Gasteiger partial charge >= 0.3 is 5.97 Å². The van der Waals surface area contributed by atoms with Crippen LogP contribution in [-0.2, 0) is 9.59 Å². The third-order valence-corrected chi connectivity index (χ3v) is 3.96. The van der Waals surface area contributed by atoms with Gasteiger partial charge in [0.25, 0.3) is 5.91 Å². The molecule has 0 aromatic carbocycles. The van der Waals surface area contributed by atoms with Gasteiger partial charge in [0, 0.05) is 6.54 Å². The van der Waals surface area contributed by atoms with E-state index in [0.29, 0.717) is 19.4 Å². The van der Waals surface area contributed by atoms with E-state index < -0.39 is 29.4 Å². The summed E-state index contributed by atoms with van der Waals surface area (Å²) in [6, 6.07) is -0.784. The van der Waals surface area contributed by atoms with Gasteiger partial charge < -0.3 is 15.1 Å². The average molecular weight is 257 g/mol. The van der Waals surface area contributed by atoms with Gasteiger partial charge in [0.1, 0.15) is 12.1 Å². The Morgan fingerprint density at radius 2 is 2.00 bits per heavy atom. The number of piperidine rings is 1. The Balaban J connectivity index is 2.84. The van der Waals surface area contributed by atoms with Gasteiger partial charge in [-0.15, -0.1) is 0 Å². The lowest BCUT2D eigenvalue weighted by Gasteiger charge is -2.38. The van der Waals surface area contributed by atoms with Gasteiger partial charge in [-0.3, -0.25) is 4.79 Å². The first kappa shape index (κ1) is 15.0. The maximum Gasteiger partial charge on any atom is 0.326 e. The highest BCUT2D eigenvalue weighted by atomic mass is 16.4. The molecule has 0 aromatic heterocycles. The standard InChI is InChI=1S/C13H23NO4/c1-4-13(2,3)10(15)11(16)14-8-6-5-7-9(14)12(17)18/h9-10,15H,4-8H2,1-3H3,(H,17,18). The predicted molar refractivity (Wildman–Crippen MR) is 67.1 cm³/mol. The van der Waals surface area contributed by atoms with Crippen molar-refractivity contribution in [3.05, 3.63) is 0 Å². The van der Waals surface area contributed by atoms with Crippen LogP contribution in [0.25, 0.3) is 0 Å². The highest BCUT2D eigenvalue weighted by Crippen LogP contribution is 2.28. The fraction of sp³-hybridized carbons (Fsp3) is 0.846. The van der Waals surface area contributed by atoms with Crippen LogP contribution in [0.15, 0.2) is 0 Å². The monoisotopic (exact) mass is 257 g/mol. The largest absolute Gasteiger partial charge is 0.480 e. The zero-order valence-corrected chi connectivity index (χ0v) is 11.3. The van der Waals surface area contributed by atoms with E-state index >= 15 is 0 Å². The number of aliphatic hydroxyl groups is 1. The summed E-state index contributed by atoms with van der Waals surface area (Å²) in [6.07, 6.45) is 1.61. The summed E-state index contributed by atoms with van der Waals surface area (Å²) < 4.78 is 0. The predicted octanol–water partition coefficient (Wildman–Crippen LogP) is 1.25. The highest BCUT2D eigenvalue weighted by Gasteiger charge is 2.39. The third-order valence-electron chi connectivity index (χ3n) is 3.96. The summed E-state index contributed by atoms with van der Waals surface area (Å²) in [5.74, 6) is -1.43. The maximum atomic E-state index is 12.2. The van der Waals surface area contributed by atoms with E-state index in [1.807, 2.05) is 20.8 Å². The number of hydrogen-bond acceptors (Lipinski definition) is 3. The van der Waals surface area contributed by atoms with Crippen LogP contribution < -0.4 is 0 Å². The normalized spacial score (nSPS) is 22.7. The number of carboxylic acid groups (broad SMARTS) is 1. The summed E-state index contributed by atoms with van der Waals surface area (Å²) in [5, 5.41) is 19.2. The highest BCUT2D eigenvalue weighted by molar-refractivity contribution is 5.87. The van der Waals surface area contributed by atoms with E-state index in [4.69, 9.17) is 5.11 Å². The number of amides is 1. The first-order valence-corrected chi connectivity index (χ1v) is 6.52. The lowest BCUT2D eigenvalue weighted by Crippen LogP contribution is -2.54. The fourth-order valence-corrected chi connectivity index (χ4v) is 2.14. The number of rotatable bonds is 4. The second-order valence-electron chi connectivity index (χ2n) is 5.63. The number of hydrogen-bond donors (Lipinski definition) is 2. The zero-order chi connectivity index (χ0) is 13.9. The average Bonchev–Trinajstić information content (AvgIpc) is 2.36. The van der Waals surface area contributed by atoms with Crippen molar-refractivity contribution >= 4 is 11.9 Å². The third kappa shape index (κ3) is 3.02. The SMILES string of the molecule is CCC(C)(C)C(O)C(=O)N1CCCCC1C(=O)O. The van der Waals surface area contributed by atoms with Crippen molar-refractivity contribution < 1.29 is 19.8 Å². The lowest BCUT2D eigenvalue weighted by molar-refractivity contribution is -0.159. The van der Waals surface area contributed by atoms with Crippen LogP contribution in [0.5, 0.6) is 0 Å². The minimum absolute atomic E-state index is 0.423. The summed E-state index contributed by atoms with van der Waals surface area (Å²) >= 11 is 0. The van der Waals surface area contributed by atoms with Crippen molar-refractivity contribution in [2.45, 2.75) is 58.6 Å². The molecule has 104 valence electrons. The molecule has 1 aliphatic rings. The molecule has 0 bridgehead atoms. The first-order chi connectivity index (χ1) is 8.31. The maximum absolute atomic E-state index is 12.2. The molecule has 1 fully saturated rings. The Kier molecular flexibility index (Phi) is 4.73. The Morgan fingerprint density at radius 1 is 1.39 bits per heavy atom. The van der Waals surface area contributed by atoms with E-state index in [9.17, 15) is 14.7 Å². The Bertz CT molecular complexity index is 327. The van der Waals surface area contributed by atoms with Gasteiger partial charge in [-0.05, 0) is 31.1 Å². The molecule has 1 heterocycles. The number of aliphatic carboxylic acids is 1. The molecule has 1 saturated heterocycles. The van der Waals surface area contributed by atoms with Gasteiger partial charge in [0.05, 0.1) is 0 Å². The molecule has 0 spiro atoms. The van der Waals surface area contributed by atoms with Crippen molar-refractivity contribution in [2.75, 3.05) is 6.54 Å². The Morgan fingerprint density at radius 3 is 2.50 bits per heavy atom. The van der Waals surface area contributed by atoms with Gasteiger partial charge in [-0.2, -0.15) is 0 Å². The van der Waals surface area contributed by atoms with E-state index in [0.717, 1.165) is 12.8 Å². The molecule has 2 unspecified atom stereocenters. The number of nitrogens with zero attached hydrogens (tertiary/aromatic N) is 1. The van der Waals surface area contributed by atoms with Gasteiger partial charge in [0.2, 0.25) is 0 Å². The first-order valence-electron chi connectivity index (χ1n) is 6.52. The molecule has 1 rings (SSSR count). The summed E-state index contributed by atoms with van der Waals surface area (Å²) in [4.78, 5) is 24.7. The number of aliphatic hydroxyl groups excluding tert-OH is 1. The van der Waals surface area contributed by atoms with Crippen molar-refractivity contribution in [1.29, 1.82) is 0 Å². The molecule has 2 N–H and O–H groups in total. The number of carbonyl (C=O) groups excluding carboxylic acids is 1. The topological polar surface area (TPSA) is 77.8 Å². The van der Waals surface area contributed by atoms with Gasteiger partial charge in [0.15, 0.2) is 0 Å². The van der Waals surface area contributed by atoms with Crippen molar-refractivity contribution in [1.82, 2.24) is 4.90 Å². The quantitative estimate of drug-likeness (QED) is 0.794. The molecule has 0 radical (unpaired) electrons. The second kappa shape index (κ2) is 5.69. The van der Waals surface area contributed by atoms with Crippen LogP contribution in [0.3, 0.4) is 0 Å². The minimum Gasteiger partial charge on any atom is -0.480 e. The molecule has 0 saturated carbocycles. The molecular formula is C13H23NO4. The molecule has 2 atom stereocenters. The lowest BCUT2D eigenvalue weighted by atomic mass is 9.82. The molecular weight excluding hydrogens is 234 g/mol. The number of carboxylic acids is 1. The summed E-state index contributed by atoms with van der Waals surface area (Å²) in [7, 11) is 0. The molecule has 5 heteroatoms. The van der Waals surface area contributed by atoms with Gasteiger partial charge in [-0.25, -0.2) is 4.79 Å². The molecule has 1 amide bonds. The Hall–Kier alpha value is -1.10. The van der Waals surface area contributed by atoms with Crippen molar-refractivity contribution in [2.24, 2.45) is 5.41 Å². The molecule has 0 aromatic rings. The molecule has 5 nitrogen and oxygen atoms in total. The van der Waals surface area contributed by atoms with E-state index in [1.165, 1.54) is 4.90 Å². The van der Waals surface area contributed by atoms with Crippen LogP contribution in [0, 0.1) is 5.41 Å². The van der Waals surface area contributed by atoms with E-state index in [1.54, 1.807) is 0 Å². The Labute approximate surface area is 108 Å². The van der Waals surface area contributed by atoms with Crippen LogP contribution >= 0.6 is 0 Å². The zero-order valence-electron chi connectivity index (χ0n) is 11.3. The van der Waals surface area contributed by atoms with E-state index in [2.05, 4.69) is 0 Å². The minimum atomic E-state index is -1.14. The number of carbonyl (C=O) groups is 2. The molecule has 18 heavy (non-hydrogen) atoms. The van der Waals surface area contributed by atoms with Crippen LogP contribution in [-0.4, -0.2) is 45.7 Å². The number of likely N-dealkylation sites (tertiary alicyclic amines) is 1. The smallest absolute Gasteiger partial charge is 0.326 e. The van der Waals surface area contributed by atoms with Crippen LogP contribution in [0.4, 0.5) is 0 Å². The molecule has 1 aliphatic heterocycles. The van der Waals surface area contributed by atoms with E-state index in [-0.39, 0.29) is 0 Å². The summed E-state index contributed by atoms with van der Waals surface area (Å²) in [6.45, 7) is 5.96. The summed E-state index contributed by atoms with van der Waals surface area (Å²) in [5.41, 5.74) is -0.530. The molecule has 0 aliphatic carbocycles. The van der Waals surface area contributed by atoms with Crippen molar-refractivity contribution in [3.63, 3.8) is 0 Å². The van der Waals surface area contributed by atoms with Crippen LogP contribution in [0.1, 0.15) is 46.5 Å². The van der Waals surface area contributed by atoms with Crippen molar-refractivity contribution in [3.8, 4) is 0 Å². The second-order valence-corrected chi connectivity index (χ2v) is 5.63. The van der Waals surface area contributed by atoms with Crippen LogP contribution in [0.2, 0.25) is 0 Å².